The van der Waals surface area contributed by atoms with Crippen molar-refractivity contribution in [3.63, 3.8) is 0 Å². The van der Waals surface area contributed by atoms with Crippen molar-refractivity contribution in [2.45, 2.75) is 57.6 Å². The number of hydrogen-bond acceptors (Lipinski definition) is 5. The third-order valence-electron chi connectivity index (χ3n) is 7.98. The number of halogens is 2. The second-order valence-corrected chi connectivity index (χ2v) is 10.5. The van der Waals surface area contributed by atoms with Crippen molar-refractivity contribution in [1.29, 1.82) is 0 Å². The molecule has 1 saturated heterocycles. The fourth-order valence-electron chi connectivity index (χ4n) is 6.41. The van der Waals surface area contributed by atoms with Crippen molar-refractivity contribution in [3.8, 4) is 11.5 Å². The van der Waals surface area contributed by atoms with E-state index in [-0.39, 0.29) is 41.7 Å². The minimum atomic E-state index is -0.367. The summed E-state index contributed by atoms with van der Waals surface area (Å²) in [6, 6.07) is 14.1. The van der Waals surface area contributed by atoms with Gasteiger partial charge in [0.05, 0.1) is 5.41 Å². The molecule has 0 spiro atoms. The lowest BCUT2D eigenvalue weighted by molar-refractivity contribution is -0.131. The number of amides is 1. The van der Waals surface area contributed by atoms with Crippen molar-refractivity contribution in [2.24, 2.45) is 11.3 Å². The average Bonchev–Trinajstić information content (AvgIpc) is 3.42. The molecule has 3 aromatic rings. The smallest absolute Gasteiger partial charge is 0.258 e. The highest BCUT2D eigenvalue weighted by molar-refractivity contribution is 6.31. The number of ether oxygens (including phenoxy) is 1. The van der Waals surface area contributed by atoms with E-state index in [2.05, 4.69) is 47.5 Å². The zero-order chi connectivity index (χ0) is 24.7. The summed E-state index contributed by atoms with van der Waals surface area (Å²) in [6.07, 6.45) is 2.52. The van der Waals surface area contributed by atoms with Crippen molar-refractivity contribution in [1.82, 2.24) is 15.5 Å². The predicted molar refractivity (Wildman–Crippen MR) is 135 cm³/mol. The molecule has 184 valence electrons. The van der Waals surface area contributed by atoms with E-state index in [1.165, 1.54) is 5.56 Å². The van der Waals surface area contributed by atoms with E-state index in [0.29, 0.717) is 21.8 Å². The Kier molecular flexibility index (Phi) is 6.64. The van der Waals surface area contributed by atoms with Crippen LogP contribution in [0, 0.1) is 11.3 Å². The van der Waals surface area contributed by atoms with E-state index in [1.54, 1.807) is 7.11 Å². The fourth-order valence-corrected chi connectivity index (χ4v) is 6.86. The van der Waals surface area contributed by atoms with Gasteiger partial charge in [-0.2, -0.15) is 4.98 Å². The van der Waals surface area contributed by atoms with E-state index in [4.69, 9.17) is 32.5 Å². The summed E-state index contributed by atoms with van der Waals surface area (Å²) in [4.78, 5) is 17.6. The maximum absolute atomic E-state index is 13.2. The van der Waals surface area contributed by atoms with E-state index < -0.39 is 0 Å². The molecule has 1 N–H and O–H groups in total. The second-order valence-electron chi connectivity index (χ2n) is 9.71. The van der Waals surface area contributed by atoms with Crippen molar-refractivity contribution in [2.75, 3.05) is 7.11 Å². The number of rotatable bonds is 6. The zero-order valence-electron chi connectivity index (χ0n) is 20.1. The molecule has 0 bridgehead atoms. The molecule has 5 rings (SSSR count). The van der Waals surface area contributed by atoms with Crippen LogP contribution in [0.5, 0.6) is 0 Å². The molecule has 1 aromatic heterocycles. The number of nitrogens with zero attached hydrogens (tertiary/aromatic N) is 2. The fraction of sp³-hybridized carbons (Fsp3) is 0.444. The lowest BCUT2D eigenvalue weighted by atomic mass is 9.54. The van der Waals surface area contributed by atoms with Crippen LogP contribution in [0.15, 0.2) is 47.0 Å². The van der Waals surface area contributed by atoms with Gasteiger partial charge in [-0.15, -0.1) is 0 Å². The van der Waals surface area contributed by atoms with Crippen LogP contribution in [0.25, 0.3) is 11.5 Å². The summed E-state index contributed by atoms with van der Waals surface area (Å²) in [5, 5.41) is 8.56. The topological polar surface area (TPSA) is 77.2 Å². The number of carbonyl (C=O) groups is 1. The summed E-state index contributed by atoms with van der Waals surface area (Å²) >= 11 is 13.1. The van der Waals surface area contributed by atoms with Crippen LogP contribution in [0.3, 0.4) is 0 Å². The Hall–Kier alpha value is -2.41. The van der Waals surface area contributed by atoms with Crippen LogP contribution < -0.4 is 5.32 Å². The molecule has 35 heavy (non-hydrogen) atoms. The third-order valence-corrected chi connectivity index (χ3v) is 8.56. The van der Waals surface area contributed by atoms with Crippen LogP contribution in [-0.4, -0.2) is 29.2 Å². The molecule has 1 aliphatic carbocycles. The molecule has 2 aromatic carbocycles. The Morgan fingerprint density at radius 1 is 1.20 bits per heavy atom. The lowest BCUT2D eigenvalue weighted by Gasteiger charge is -2.47. The Labute approximate surface area is 215 Å². The number of hydrogen-bond donors (Lipinski definition) is 1. The summed E-state index contributed by atoms with van der Waals surface area (Å²) in [7, 11) is 1.59. The van der Waals surface area contributed by atoms with Gasteiger partial charge in [0.1, 0.15) is 6.61 Å². The number of carbonyl (C=O) groups excluding carboxylic acids is 1. The van der Waals surface area contributed by atoms with Gasteiger partial charge in [0.25, 0.3) is 5.89 Å². The largest absolute Gasteiger partial charge is 0.377 e. The maximum Gasteiger partial charge on any atom is 0.258 e. The summed E-state index contributed by atoms with van der Waals surface area (Å²) < 4.78 is 10.5. The highest BCUT2D eigenvalue weighted by Gasteiger charge is 2.59. The van der Waals surface area contributed by atoms with E-state index >= 15 is 0 Å². The molecule has 2 heterocycles. The van der Waals surface area contributed by atoms with Gasteiger partial charge in [-0.3, -0.25) is 4.79 Å². The first-order valence-electron chi connectivity index (χ1n) is 12.1. The summed E-state index contributed by atoms with van der Waals surface area (Å²) in [5.41, 5.74) is 2.66. The molecule has 6 nitrogen and oxygen atoms in total. The molecule has 1 saturated carbocycles. The monoisotopic (exact) mass is 513 g/mol. The van der Waals surface area contributed by atoms with E-state index in [0.717, 1.165) is 30.4 Å². The Balaban J connectivity index is 1.56. The first-order valence-corrected chi connectivity index (χ1v) is 12.8. The first-order chi connectivity index (χ1) is 16.9. The van der Waals surface area contributed by atoms with Gasteiger partial charge < -0.3 is 14.6 Å². The van der Waals surface area contributed by atoms with Gasteiger partial charge in [0.2, 0.25) is 5.91 Å². The average molecular weight is 514 g/mol. The number of methoxy groups -OCH3 is 1. The van der Waals surface area contributed by atoms with Crippen LogP contribution >= 0.6 is 23.2 Å². The van der Waals surface area contributed by atoms with Crippen LogP contribution in [-0.2, 0) is 16.1 Å². The van der Waals surface area contributed by atoms with Gasteiger partial charge in [-0.25, -0.2) is 0 Å². The van der Waals surface area contributed by atoms with Gasteiger partial charge in [-0.1, -0.05) is 53.5 Å². The molecule has 1 aliphatic heterocycles. The first kappa shape index (κ1) is 24.3. The number of aromatic nitrogens is 2. The Bertz CT molecular complexity index is 1230. The van der Waals surface area contributed by atoms with Crippen molar-refractivity contribution >= 4 is 29.1 Å². The summed E-state index contributed by atoms with van der Waals surface area (Å²) in [5.74, 6) is 1.51. The number of benzene rings is 2. The van der Waals surface area contributed by atoms with Crippen LogP contribution in [0.2, 0.25) is 10.0 Å². The normalized spacial score (nSPS) is 28.1. The zero-order valence-corrected chi connectivity index (χ0v) is 21.6. The molecular formula is C27H29Cl2N3O3. The van der Waals surface area contributed by atoms with E-state index in [9.17, 15) is 4.79 Å². The number of nitrogens with one attached hydrogen (secondary N) is 1. The second kappa shape index (κ2) is 9.57. The highest BCUT2D eigenvalue weighted by Crippen LogP contribution is 2.60. The maximum atomic E-state index is 13.2. The summed E-state index contributed by atoms with van der Waals surface area (Å²) in [6.45, 7) is 4.54. The van der Waals surface area contributed by atoms with Crippen LogP contribution in [0.4, 0.5) is 0 Å². The van der Waals surface area contributed by atoms with E-state index in [1.807, 2.05) is 24.3 Å². The SMILES string of the molecule is CC[C@@]12CC[C@@H](c3ccc(-c4nc(COC)no4)cc3Cl)[C@H](c3ccc(Cl)cc3)[C@@H]1[C@@H](C)NC2=O. The van der Waals surface area contributed by atoms with Gasteiger partial charge in [-0.05, 0) is 73.4 Å². The van der Waals surface area contributed by atoms with Gasteiger partial charge in [0, 0.05) is 34.7 Å². The molecule has 1 amide bonds. The van der Waals surface area contributed by atoms with Crippen molar-refractivity contribution < 1.29 is 14.1 Å². The molecule has 5 atom stereocenters. The Morgan fingerprint density at radius 2 is 1.97 bits per heavy atom. The standard InChI is InChI=1S/C27H29Cl2N3O3/c1-4-27-12-11-20(19-10-7-17(13-21(19)29)25-31-22(14-34-3)32-35-25)23(16-5-8-18(28)9-6-16)24(27)15(2)30-26(27)33/h5-10,13,15,20,23-24H,4,11-12,14H2,1-3H3,(H,30,33)/t15-,20+,23+,24+,27-/m1/s1. The lowest BCUT2D eigenvalue weighted by Crippen LogP contribution is -2.43. The van der Waals surface area contributed by atoms with Crippen LogP contribution in [0.1, 0.15) is 61.9 Å². The van der Waals surface area contributed by atoms with Gasteiger partial charge >= 0.3 is 0 Å². The van der Waals surface area contributed by atoms with Crippen molar-refractivity contribution in [3.05, 3.63) is 69.5 Å². The molecule has 8 heteroatoms. The molecule has 0 radical (unpaired) electrons. The molecular weight excluding hydrogens is 485 g/mol. The minimum absolute atomic E-state index is 0.0709. The predicted octanol–water partition coefficient (Wildman–Crippen LogP) is 6.38. The minimum Gasteiger partial charge on any atom is -0.377 e. The molecule has 0 unspecified atom stereocenters. The number of fused-ring (bicyclic) bond motifs is 1. The quantitative estimate of drug-likeness (QED) is 0.413. The molecule has 2 aliphatic rings. The van der Waals surface area contributed by atoms with Gasteiger partial charge in [0.15, 0.2) is 5.82 Å². The molecule has 2 fully saturated rings. The Morgan fingerprint density at radius 3 is 2.66 bits per heavy atom. The third kappa shape index (κ3) is 4.15. The highest BCUT2D eigenvalue weighted by atomic mass is 35.5.